The van der Waals surface area contributed by atoms with Crippen LogP contribution >= 0.6 is 22.6 Å². The summed E-state index contributed by atoms with van der Waals surface area (Å²) in [4.78, 5) is 17.6. The van der Waals surface area contributed by atoms with E-state index in [9.17, 15) is 4.79 Å². The minimum Gasteiger partial charge on any atom is -0.477 e. The van der Waals surface area contributed by atoms with Crippen LogP contribution in [0.2, 0.25) is 0 Å². The highest BCUT2D eigenvalue weighted by molar-refractivity contribution is 14.1. The van der Waals surface area contributed by atoms with Crippen LogP contribution in [0.4, 0.5) is 0 Å². The molecule has 2 heterocycles. The zero-order valence-corrected chi connectivity index (χ0v) is 8.57. The molecule has 0 bridgehead atoms. The summed E-state index contributed by atoms with van der Waals surface area (Å²) < 4.78 is 0.947. The van der Waals surface area contributed by atoms with Gasteiger partial charge in [-0.1, -0.05) is 0 Å². The molecule has 2 N–H and O–H groups in total. The van der Waals surface area contributed by atoms with E-state index in [2.05, 4.69) is 32.6 Å². The molecule has 0 aromatic carbocycles. The van der Waals surface area contributed by atoms with Gasteiger partial charge < -0.3 is 10.1 Å². The first-order valence-corrected chi connectivity index (χ1v) is 4.63. The number of hydrogen-bond donors (Lipinski definition) is 2. The molecule has 0 aliphatic heterocycles. The number of carboxylic acids is 1. The maximum Gasteiger partial charge on any atom is 0.354 e. The first-order valence-electron chi connectivity index (χ1n) is 3.55. The number of rotatable bonds is 1. The Hall–Kier alpha value is -1.11. The molecule has 2 aromatic rings. The van der Waals surface area contributed by atoms with Gasteiger partial charge in [0.25, 0.3) is 0 Å². The number of aromatic nitrogens is 2. The Morgan fingerprint density at radius 3 is 3.00 bits per heavy atom. The monoisotopic (exact) mass is 288 g/mol. The van der Waals surface area contributed by atoms with Crippen molar-refractivity contribution < 1.29 is 9.90 Å². The van der Waals surface area contributed by atoms with Crippen LogP contribution in [0.15, 0.2) is 18.2 Å². The number of aromatic amines is 1. The Labute approximate surface area is 87.1 Å². The van der Waals surface area contributed by atoms with Gasteiger partial charge in [-0.05, 0) is 40.8 Å². The minimum absolute atomic E-state index is 0.0721. The Balaban J connectivity index is 2.67. The van der Waals surface area contributed by atoms with E-state index in [0.29, 0.717) is 5.52 Å². The number of hydrogen-bond acceptors (Lipinski definition) is 2. The van der Waals surface area contributed by atoms with Crippen LogP contribution in [-0.2, 0) is 0 Å². The predicted octanol–water partition coefficient (Wildman–Crippen LogP) is 1.87. The number of aromatic carboxylic acids is 1. The molecular weight excluding hydrogens is 283 g/mol. The van der Waals surface area contributed by atoms with Gasteiger partial charge in [0.1, 0.15) is 5.69 Å². The number of fused-ring (bicyclic) bond motifs is 1. The lowest BCUT2D eigenvalue weighted by Crippen LogP contribution is -1.98. The van der Waals surface area contributed by atoms with Crippen molar-refractivity contribution in [1.82, 2.24) is 9.97 Å². The minimum atomic E-state index is -1.00. The second-order valence-electron chi connectivity index (χ2n) is 2.55. The highest BCUT2D eigenvalue weighted by atomic mass is 127. The summed E-state index contributed by atoms with van der Waals surface area (Å²) in [5.41, 5.74) is 1.61. The van der Waals surface area contributed by atoms with Crippen molar-refractivity contribution in [1.29, 1.82) is 0 Å². The summed E-state index contributed by atoms with van der Waals surface area (Å²) in [5, 5.41) is 8.68. The number of H-pyrrole nitrogens is 1. The number of nitrogens with one attached hydrogen (secondary N) is 1. The van der Waals surface area contributed by atoms with Gasteiger partial charge in [-0.3, -0.25) is 0 Å². The molecule has 0 amide bonds. The van der Waals surface area contributed by atoms with Crippen LogP contribution < -0.4 is 0 Å². The molecule has 4 nitrogen and oxygen atoms in total. The maximum absolute atomic E-state index is 10.6. The molecule has 0 aliphatic carbocycles. The lowest BCUT2D eigenvalue weighted by atomic mass is 10.3. The fourth-order valence-corrected chi connectivity index (χ4v) is 1.68. The van der Waals surface area contributed by atoms with E-state index in [1.807, 2.05) is 6.07 Å². The lowest BCUT2D eigenvalue weighted by molar-refractivity contribution is 0.0691. The highest BCUT2D eigenvalue weighted by Crippen LogP contribution is 2.14. The average Bonchev–Trinajstić information content (AvgIpc) is 2.42. The summed E-state index contributed by atoms with van der Waals surface area (Å²) in [5.74, 6) is -1.00. The number of pyridine rings is 1. The molecule has 66 valence electrons. The van der Waals surface area contributed by atoms with Crippen molar-refractivity contribution in [2.24, 2.45) is 0 Å². The van der Waals surface area contributed by atoms with Gasteiger partial charge in [0.15, 0.2) is 0 Å². The van der Waals surface area contributed by atoms with Crippen LogP contribution in [0.3, 0.4) is 0 Å². The molecule has 0 unspecified atom stereocenters. The molecule has 2 aromatic heterocycles. The topological polar surface area (TPSA) is 66.0 Å². The van der Waals surface area contributed by atoms with Gasteiger partial charge in [0.05, 0.1) is 14.7 Å². The molecule has 0 saturated heterocycles. The second kappa shape index (κ2) is 2.99. The second-order valence-corrected chi connectivity index (χ2v) is 3.71. The highest BCUT2D eigenvalue weighted by Gasteiger charge is 2.06. The Kier molecular flexibility index (Phi) is 1.95. The van der Waals surface area contributed by atoms with E-state index in [0.717, 1.165) is 9.22 Å². The molecule has 0 aliphatic rings. The molecule has 0 saturated carbocycles. The fourth-order valence-electron chi connectivity index (χ4n) is 1.09. The summed E-state index contributed by atoms with van der Waals surface area (Å²) in [6, 6.07) is 5.01. The quantitative estimate of drug-likeness (QED) is 0.787. The van der Waals surface area contributed by atoms with Gasteiger partial charge in [0.2, 0.25) is 0 Å². The Bertz CT molecular complexity index is 478. The number of halogens is 1. The molecule has 13 heavy (non-hydrogen) atoms. The molecule has 0 atom stereocenters. The Morgan fingerprint density at radius 2 is 2.31 bits per heavy atom. The van der Waals surface area contributed by atoms with E-state index in [-0.39, 0.29) is 5.69 Å². The smallest absolute Gasteiger partial charge is 0.354 e. The van der Waals surface area contributed by atoms with Crippen molar-refractivity contribution in [3.63, 3.8) is 0 Å². The van der Waals surface area contributed by atoms with Gasteiger partial charge in [-0.2, -0.15) is 0 Å². The van der Waals surface area contributed by atoms with Gasteiger partial charge in [-0.15, -0.1) is 0 Å². The van der Waals surface area contributed by atoms with E-state index >= 15 is 0 Å². The standard InChI is InChI=1S/C8H5IN2O2/c9-7-3-6-4(11-7)1-2-5(10-6)8(12)13/h1-3,11H,(H,12,13). The normalized spacial score (nSPS) is 10.5. The third-order valence-electron chi connectivity index (χ3n) is 1.66. The zero-order chi connectivity index (χ0) is 9.42. The van der Waals surface area contributed by atoms with Crippen LogP contribution in [0.1, 0.15) is 10.5 Å². The van der Waals surface area contributed by atoms with Crippen molar-refractivity contribution >= 4 is 39.6 Å². The van der Waals surface area contributed by atoms with E-state index in [1.165, 1.54) is 6.07 Å². The summed E-state index contributed by atoms with van der Waals surface area (Å²) in [6.45, 7) is 0. The largest absolute Gasteiger partial charge is 0.477 e. The SMILES string of the molecule is O=C(O)c1ccc2[nH]c(I)cc2n1. The van der Waals surface area contributed by atoms with Crippen LogP contribution in [-0.4, -0.2) is 21.0 Å². The van der Waals surface area contributed by atoms with Crippen LogP contribution in [0, 0.1) is 3.70 Å². The number of carbonyl (C=O) groups is 1. The van der Waals surface area contributed by atoms with Crippen molar-refractivity contribution in [2.75, 3.05) is 0 Å². The van der Waals surface area contributed by atoms with Crippen molar-refractivity contribution in [3.05, 3.63) is 27.6 Å². The number of carboxylic acid groups (broad SMARTS) is 1. The lowest BCUT2D eigenvalue weighted by Gasteiger charge is -1.92. The van der Waals surface area contributed by atoms with Crippen LogP contribution in [0.25, 0.3) is 11.0 Å². The average molecular weight is 288 g/mol. The predicted molar refractivity (Wildman–Crippen MR) is 55.8 cm³/mol. The fraction of sp³-hybridized carbons (Fsp3) is 0. The molecule has 0 spiro atoms. The van der Waals surface area contributed by atoms with Crippen molar-refractivity contribution in [3.8, 4) is 0 Å². The van der Waals surface area contributed by atoms with Gasteiger partial charge >= 0.3 is 5.97 Å². The van der Waals surface area contributed by atoms with Crippen molar-refractivity contribution in [2.45, 2.75) is 0 Å². The van der Waals surface area contributed by atoms with E-state index in [4.69, 9.17) is 5.11 Å². The maximum atomic E-state index is 10.6. The number of nitrogens with zero attached hydrogens (tertiary/aromatic N) is 1. The zero-order valence-electron chi connectivity index (χ0n) is 6.41. The summed E-state index contributed by atoms with van der Waals surface area (Å²) >= 11 is 2.12. The molecule has 5 heteroatoms. The summed E-state index contributed by atoms with van der Waals surface area (Å²) in [7, 11) is 0. The van der Waals surface area contributed by atoms with Gasteiger partial charge in [0, 0.05) is 0 Å². The van der Waals surface area contributed by atoms with Crippen LogP contribution in [0.5, 0.6) is 0 Å². The van der Waals surface area contributed by atoms with E-state index in [1.54, 1.807) is 6.07 Å². The Morgan fingerprint density at radius 1 is 1.54 bits per heavy atom. The molecule has 2 rings (SSSR count). The first-order chi connectivity index (χ1) is 6.16. The van der Waals surface area contributed by atoms with E-state index < -0.39 is 5.97 Å². The molecule has 0 fully saturated rings. The first kappa shape index (κ1) is 8.49. The van der Waals surface area contributed by atoms with Gasteiger partial charge in [-0.25, -0.2) is 9.78 Å². The summed E-state index contributed by atoms with van der Waals surface area (Å²) in [6.07, 6.45) is 0. The third-order valence-corrected chi connectivity index (χ3v) is 2.24. The molecular formula is C8H5IN2O2. The third kappa shape index (κ3) is 1.51. The molecule has 0 radical (unpaired) electrons.